The molecular formula is C22H36N2O2. The summed E-state index contributed by atoms with van der Waals surface area (Å²) in [6, 6.07) is 6.23. The van der Waals surface area contributed by atoms with E-state index in [4.69, 9.17) is 4.74 Å². The van der Waals surface area contributed by atoms with E-state index in [0.29, 0.717) is 0 Å². The van der Waals surface area contributed by atoms with Gasteiger partial charge in [-0.05, 0) is 38.3 Å². The van der Waals surface area contributed by atoms with Crippen LogP contribution in [0.15, 0.2) is 18.2 Å². The van der Waals surface area contributed by atoms with E-state index >= 15 is 0 Å². The van der Waals surface area contributed by atoms with Gasteiger partial charge in [0.1, 0.15) is 5.75 Å². The van der Waals surface area contributed by atoms with E-state index in [1.54, 1.807) is 0 Å². The molecule has 0 atom stereocenters. The first-order valence-electron chi connectivity index (χ1n) is 10.4. The van der Waals surface area contributed by atoms with Crippen molar-refractivity contribution >= 4 is 6.03 Å². The summed E-state index contributed by atoms with van der Waals surface area (Å²) in [6.45, 7) is 4.28. The minimum atomic E-state index is -0.119. The number of hydrogen-bond donors (Lipinski definition) is 2. The number of urea groups is 1. The molecule has 1 aromatic carbocycles. The lowest BCUT2D eigenvalue weighted by molar-refractivity contribution is 0.218. The predicted octanol–water partition coefficient (Wildman–Crippen LogP) is 5.61. The van der Waals surface area contributed by atoms with Gasteiger partial charge in [-0.1, -0.05) is 75.5 Å². The lowest BCUT2D eigenvalue weighted by atomic mass is 9.98. The second-order valence-corrected chi connectivity index (χ2v) is 7.66. The van der Waals surface area contributed by atoms with Gasteiger partial charge < -0.3 is 15.4 Å². The van der Waals surface area contributed by atoms with Crippen LogP contribution in [-0.2, 0) is 0 Å². The summed E-state index contributed by atoms with van der Waals surface area (Å²) in [7, 11) is 0. The molecule has 0 bridgehead atoms. The van der Waals surface area contributed by atoms with Gasteiger partial charge in [0.2, 0.25) is 0 Å². The Hall–Kier alpha value is -1.71. The first-order valence-corrected chi connectivity index (χ1v) is 10.4. The van der Waals surface area contributed by atoms with Crippen molar-refractivity contribution in [3.63, 3.8) is 0 Å². The molecule has 0 heterocycles. The fourth-order valence-corrected chi connectivity index (χ4v) is 3.68. The Morgan fingerprint density at radius 2 is 1.54 bits per heavy atom. The Balaban J connectivity index is 1.71. The van der Waals surface area contributed by atoms with Crippen LogP contribution in [0.4, 0.5) is 4.79 Å². The molecule has 0 aliphatic heterocycles. The number of aryl methyl sites for hydroxylation is 2. The fourth-order valence-electron chi connectivity index (χ4n) is 3.68. The zero-order valence-corrected chi connectivity index (χ0v) is 16.6. The second kappa shape index (κ2) is 11.8. The van der Waals surface area contributed by atoms with Crippen molar-refractivity contribution in [3.05, 3.63) is 29.3 Å². The van der Waals surface area contributed by atoms with Gasteiger partial charge >= 0.3 is 6.03 Å². The van der Waals surface area contributed by atoms with Crippen molar-refractivity contribution in [2.75, 3.05) is 6.73 Å². The van der Waals surface area contributed by atoms with Crippen LogP contribution >= 0.6 is 0 Å². The third-order valence-electron chi connectivity index (χ3n) is 5.23. The normalized spacial score (nSPS) is 17.6. The van der Waals surface area contributed by atoms with Crippen LogP contribution in [0.25, 0.3) is 0 Å². The van der Waals surface area contributed by atoms with E-state index in [-0.39, 0.29) is 18.8 Å². The average molecular weight is 361 g/mol. The molecule has 1 aromatic rings. The van der Waals surface area contributed by atoms with Gasteiger partial charge in [-0.2, -0.15) is 0 Å². The summed E-state index contributed by atoms with van der Waals surface area (Å²) in [5, 5.41) is 5.99. The Bertz CT molecular complexity index is 533. The average Bonchev–Trinajstić information content (AvgIpc) is 2.59. The molecule has 2 rings (SSSR count). The summed E-state index contributed by atoms with van der Waals surface area (Å²) >= 11 is 0. The quantitative estimate of drug-likeness (QED) is 0.685. The van der Waals surface area contributed by atoms with Crippen LogP contribution < -0.4 is 15.4 Å². The number of rotatable bonds is 4. The van der Waals surface area contributed by atoms with Crippen molar-refractivity contribution < 1.29 is 9.53 Å². The molecule has 26 heavy (non-hydrogen) atoms. The molecule has 4 heteroatoms. The molecule has 4 nitrogen and oxygen atoms in total. The van der Waals surface area contributed by atoms with E-state index in [1.165, 1.54) is 63.4 Å². The molecule has 2 N–H and O–H groups in total. The summed E-state index contributed by atoms with van der Waals surface area (Å²) in [4.78, 5) is 12.2. The molecule has 0 saturated heterocycles. The van der Waals surface area contributed by atoms with E-state index in [9.17, 15) is 4.79 Å². The van der Waals surface area contributed by atoms with Gasteiger partial charge in [-0.15, -0.1) is 0 Å². The molecule has 0 spiro atoms. The highest BCUT2D eigenvalue weighted by Gasteiger charge is 2.12. The molecule has 1 saturated carbocycles. The minimum absolute atomic E-state index is 0.119. The Morgan fingerprint density at radius 1 is 0.962 bits per heavy atom. The molecule has 1 aliphatic carbocycles. The SMILES string of the molecule is Cc1ccc(OCNC(=O)NC2CCCCCCCCCCC2)c(C)c1. The Morgan fingerprint density at radius 3 is 2.12 bits per heavy atom. The molecule has 146 valence electrons. The summed E-state index contributed by atoms with van der Waals surface area (Å²) in [5.74, 6) is 0.821. The van der Waals surface area contributed by atoms with Gasteiger partial charge in [0.05, 0.1) is 0 Å². The molecule has 1 fully saturated rings. The molecule has 0 aromatic heterocycles. The smallest absolute Gasteiger partial charge is 0.317 e. The van der Waals surface area contributed by atoms with E-state index in [2.05, 4.69) is 23.6 Å². The first-order chi connectivity index (χ1) is 12.6. The number of benzene rings is 1. The second-order valence-electron chi connectivity index (χ2n) is 7.66. The highest BCUT2D eigenvalue weighted by molar-refractivity contribution is 5.74. The van der Waals surface area contributed by atoms with Gasteiger partial charge in [-0.3, -0.25) is 0 Å². The maximum atomic E-state index is 12.2. The summed E-state index contributed by atoms with van der Waals surface area (Å²) < 4.78 is 5.69. The summed E-state index contributed by atoms with van der Waals surface area (Å²) in [6.07, 6.45) is 14.0. The topological polar surface area (TPSA) is 50.4 Å². The van der Waals surface area contributed by atoms with Crippen LogP contribution in [-0.4, -0.2) is 18.8 Å². The van der Waals surface area contributed by atoms with Crippen LogP contribution in [0.2, 0.25) is 0 Å². The summed E-state index contributed by atoms with van der Waals surface area (Å²) in [5.41, 5.74) is 2.30. The largest absolute Gasteiger partial charge is 0.473 e. The van der Waals surface area contributed by atoms with E-state index in [1.807, 2.05) is 19.1 Å². The number of nitrogens with one attached hydrogen (secondary N) is 2. The third-order valence-corrected chi connectivity index (χ3v) is 5.23. The lowest BCUT2D eigenvalue weighted by Crippen LogP contribution is -2.43. The van der Waals surface area contributed by atoms with Gasteiger partial charge in [0.25, 0.3) is 0 Å². The monoisotopic (exact) mass is 360 g/mol. The number of hydrogen-bond acceptors (Lipinski definition) is 2. The van der Waals surface area contributed by atoms with Gasteiger partial charge in [0, 0.05) is 6.04 Å². The highest BCUT2D eigenvalue weighted by atomic mass is 16.5. The van der Waals surface area contributed by atoms with Crippen LogP contribution in [0, 0.1) is 13.8 Å². The lowest BCUT2D eigenvalue weighted by Gasteiger charge is -2.20. The number of carbonyl (C=O) groups excluding carboxylic acids is 1. The molecule has 2 amide bonds. The van der Waals surface area contributed by atoms with Gasteiger partial charge in [0.15, 0.2) is 6.73 Å². The van der Waals surface area contributed by atoms with E-state index in [0.717, 1.165) is 24.2 Å². The van der Waals surface area contributed by atoms with Crippen molar-refractivity contribution in [1.82, 2.24) is 10.6 Å². The first kappa shape index (κ1) is 20.6. The van der Waals surface area contributed by atoms with Crippen LogP contribution in [0.1, 0.15) is 81.8 Å². The van der Waals surface area contributed by atoms with E-state index < -0.39 is 0 Å². The molecular weight excluding hydrogens is 324 g/mol. The minimum Gasteiger partial charge on any atom is -0.473 e. The Kier molecular flexibility index (Phi) is 9.36. The highest BCUT2D eigenvalue weighted by Crippen LogP contribution is 2.18. The van der Waals surface area contributed by atoms with Crippen molar-refractivity contribution in [1.29, 1.82) is 0 Å². The molecule has 0 radical (unpaired) electrons. The fraction of sp³-hybridized carbons (Fsp3) is 0.682. The number of carbonyl (C=O) groups is 1. The molecule has 0 unspecified atom stereocenters. The van der Waals surface area contributed by atoms with Gasteiger partial charge in [-0.25, -0.2) is 4.79 Å². The van der Waals surface area contributed by atoms with Crippen LogP contribution in [0.3, 0.4) is 0 Å². The molecule has 1 aliphatic rings. The predicted molar refractivity (Wildman–Crippen MR) is 108 cm³/mol. The van der Waals surface area contributed by atoms with Crippen molar-refractivity contribution in [2.24, 2.45) is 0 Å². The maximum Gasteiger partial charge on any atom is 0.317 e. The Labute approximate surface area is 159 Å². The number of ether oxygens (including phenoxy) is 1. The van der Waals surface area contributed by atoms with Crippen molar-refractivity contribution in [3.8, 4) is 5.75 Å². The van der Waals surface area contributed by atoms with Crippen molar-refractivity contribution in [2.45, 2.75) is 90.5 Å². The maximum absolute atomic E-state index is 12.2. The standard InChI is InChI=1S/C22H36N2O2/c1-18-14-15-21(19(2)16-18)26-17-23-22(25)24-20-12-10-8-6-4-3-5-7-9-11-13-20/h14-16,20H,3-13,17H2,1-2H3,(H2,23,24,25). The zero-order valence-electron chi connectivity index (χ0n) is 16.6. The third kappa shape index (κ3) is 8.11. The number of amides is 2. The van der Waals surface area contributed by atoms with Crippen LogP contribution in [0.5, 0.6) is 5.75 Å². The zero-order chi connectivity index (χ0) is 18.6.